The number of nitrogens with zero attached hydrogens (tertiary/aromatic N) is 8. The van der Waals surface area contributed by atoms with Crippen LogP contribution in [0.4, 0.5) is 11.6 Å². The third kappa shape index (κ3) is 4.35. The summed E-state index contributed by atoms with van der Waals surface area (Å²) in [5, 5.41) is 14.6. The third-order valence-corrected chi connectivity index (χ3v) is 6.43. The van der Waals surface area contributed by atoms with Gasteiger partial charge in [0.1, 0.15) is 29.6 Å². The first-order valence-electron chi connectivity index (χ1n) is 12.3. The van der Waals surface area contributed by atoms with Crippen molar-refractivity contribution >= 4 is 22.5 Å². The molecule has 2 N–H and O–H groups in total. The highest BCUT2D eigenvalue weighted by Crippen LogP contribution is 2.28. The molecule has 5 rings (SSSR count). The number of aryl methyl sites for hydroxylation is 2. The van der Waals surface area contributed by atoms with Crippen molar-refractivity contribution in [2.24, 2.45) is 7.05 Å². The van der Waals surface area contributed by atoms with Crippen molar-refractivity contribution in [1.82, 2.24) is 29.3 Å². The first-order valence-corrected chi connectivity index (χ1v) is 12.3. The summed E-state index contributed by atoms with van der Waals surface area (Å²) in [4.78, 5) is 29.6. The molecule has 2 aromatic carbocycles. The Balaban J connectivity index is 1.78. The molecule has 0 atom stereocenters. The van der Waals surface area contributed by atoms with Gasteiger partial charge in [0.15, 0.2) is 5.82 Å². The summed E-state index contributed by atoms with van der Waals surface area (Å²) in [6, 6.07) is 15.5. The number of hydrogen-bond donors (Lipinski definition) is 1. The lowest BCUT2D eigenvalue weighted by Crippen LogP contribution is -2.32. The molecule has 3 aromatic heterocycles. The fraction of sp³-hybridized carbons (Fsp3) is 0.214. The zero-order valence-corrected chi connectivity index (χ0v) is 21.5. The Bertz CT molecular complexity index is 1750. The molecule has 0 saturated carbocycles. The van der Waals surface area contributed by atoms with Gasteiger partial charge in [-0.1, -0.05) is 37.3 Å². The molecule has 10 heteroatoms. The van der Waals surface area contributed by atoms with Crippen LogP contribution in [0.3, 0.4) is 0 Å². The van der Waals surface area contributed by atoms with Gasteiger partial charge in [0.25, 0.3) is 5.56 Å². The molecule has 5 aromatic rings. The van der Waals surface area contributed by atoms with Gasteiger partial charge in [-0.2, -0.15) is 10.4 Å². The maximum atomic E-state index is 14.3. The Labute approximate surface area is 219 Å². The Kier molecular flexibility index (Phi) is 6.58. The monoisotopic (exact) mass is 505 g/mol. The third-order valence-electron chi connectivity index (χ3n) is 6.43. The highest BCUT2D eigenvalue weighted by molar-refractivity contribution is 5.94. The van der Waals surface area contributed by atoms with Crippen molar-refractivity contribution in [3.63, 3.8) is 0 Å². The minimum absolute atomic E-state index is 0.113. The molecule has 0 amide bonds. The zero-order valence-electron chi connectivity index (χ0n) is 21.5. The predicted octanol–water partition coefficient (Wildman–Crippen LogP) is 3.76. The first-order chi connectivity index (χ1) is 18.4. The van der Waals surface area contributed by atoms with Crippen LogP contribution in [0, 0.1) is 18.3 Å². The van der Waals surface area contributed by atoms with Crippen molar-refractivity contribution < 1.29 is 0 Å². The molecule has 0 aliphatic carbocycles. The van der Waals surface area contributed by atoms with E-state index in [1.165, 1.54) is 6.33 Å². The topological polar surface area (TPSA) is 132 Å². The van der Waals surface area contributed by atoms with Crippen molar-refractivity contribution in [2.75, 3.05) is 17.2 Å². The highest BCUT2D eigenvalue weighted by Gasteiger charge is 2.22. The van der Waals surface area contributed by atoms with Crippen LogP contribution >= 0.6 is 0 Å². The number of nitrogens with two attached hydrogens (primary N) is 1. The van der Waals surface area contributed by atoms with E-state index in [1.54, 1.807) is 15.4 Å². The Morgan fingerprint density at radius 3 is 2.66 bits per heavy atom. The number of rotatable bonds is 7. The number of para-hydroxylation sites is 1. The van der Waals surface area contributed by atoms with Crippen molar-refractivity contribution in [2.45, 2.75) is 26.8 Å². The SMILES string of the molecule is CCCN(Cc1nc2cccc(-c3cnn(C)c3)c2c(=O)n1-c1ccccc1C)c1ncnc(N)c1C#N. The average molecular weight is 506 g/mol. The molecule has 0 spiro atoms. The van der Waals surface area contributed by atoms with Crippen molar-refractivity contribution in [3.8, 4) is 22.9 Å². The van der Waals surface area contributed by atoms with Crippen molar-refractivity contribution in [3.05, 3.63) is 88.5 Å². The van der Waals surface area contributed by atoms with Gasteiger partial charge in [-0.25, -0.2) is 15.0 Å². The van der Waals surface area contributed by atoms with Gasteiger partial charge in [-0.15, -0.1) is 0 Å². The standard InChI is InChI=1S/C28H27N9O/c1-4-12-36(27-21(13-29)26(30)31-17-32-27)16-24-34-22-10-7-9-20(19-14-33-35(3)15-19)25(22)28(38)37(24)23-11-6-5-8-18(23)2/h5-11,14-15,17H,4,12,16H2,1-3H3,(H2,30,31,32). The van der Waals surface area contributed by atoms with E-state index in [0.717, 1.165) is 28.8 Å². The minimum atomic E-state index is -0.182. The molecular weight excluding hydrogens is 478 g/mol. The van der Waals surface area contributed by atoms with E-state index < -0.39 is 0 Å². The summed E-state index contributed by atoms with van der Waals surface area (Å²) >= 11 is 0. The van der Waals surface area contributed by atoms with Gasteiger partial charge >= 0.3 is 0 Å². The van der Waals surface area contributed by atoms with Gasteiger partial charge in [0, 0.05) is 25.4 Å². The predicted molar refractivity (Wildman–Crippen MR) is 147 cm³/mol. The number of fused-ring (bicyclic) bond motifs is 1. The maximum absolute atomic E-state index is 14.3. The molecule has 10 nitrogen and oxygen atoms in total. The number of anilines is 2. The maximum Gasteiger partial charge on any atom is 0.266 e. The number of benzene rings is 2. The molecule has 0 aliphatic rings. The molecular formula is C28H27N9O. The summed E-state index contributed by atoms with van der Waals surface area (Å²) in [5.74, 6) is 1.05. The van der Waals surface area contributed by atoms with Gasteiger partial charge < -0.3 is 10.6 Å². The van der Waals surface area contributed by atoms with Crippen LogP contribution in [-0.2, 0) is 13.6 Å². The summed E-state index contributed by atoms with van der Waals surface area (Å²) in [7, 11) is 1.84. The molecule has 0 bridgehead atoms. The zero-order chi connectivity index (χ0) is 26.8. The quantitative estimate of drug-likeness (QED) is 0.354. The van der Waals surface area contributed by atoms with E-state index in [1.807, 2.05) is 74.5 Å². The molecule has 38 heavy (non-hydrogen) atoms. The summed E-state index contributed by atoms with van der Waals surface area (Å²) in [6.07, 6.45) is 5.75. The van der Waals surface area contributed by atoms with Gasteiger partial charge in [0.2, 0.25) is 0 Å². The lowest BCUT2D eigenvalue weighted by Gasteiger charge is -2.26. The highest BCUT2D eigenvalue weighted by atomic mass is 16.1. The van der Waals surface area contributed by atoms with E-state index in [2.05, 4.69) is 21.1 Å². The number of nitriles is 1. The van der Waals surface area contributed by atoms with E-state index >= 15 is 0 Å². The first kappa shape index (κ1) is 24.6. The van der Waals surface area contributed by atoms with E-state index in [9.17, 15) is 10.1 Å². The second-order valence-electron chi connectivity index (χ2n) is 9.05. The lowest BCUT2D eigenvalue weighted by molar-refractivity contribution is 0.699. The van der Waals surface area contributed by atoms with Crippen LogP contribution in [0.15, 0.2) is 66.0 Å². The minimum Gasteiger partial charge on any atom is -0.382 e. The molecule has 0 saturated heterocycles. The van der Waals surface area contributed by atoms with E-state index in [4.69, 9.17) is 10.7 Å². The van der Waals surface area contributed by atoms with Crippen LogP contribution in [0.2, 0.25) is 0 Å². The summed E-state index contributed by atoms with van der Waals surface area (Å²) in [5.41, 5.74) is 9.86. The molecule has 0 fully saturated rings. The molecule has 0 aliphatic heterocycles. The van der Waals surface area contributed by atoms with Gasteiger partial charge in [0.05, 0.1) is 29.3 Å². The molecule has 190 valence electrons. The Morgan fingerprint density at radius 2 is 1.95 bits per heavy atom. The normalized spacial score (nSPS) is 11.0. The van der Waals surface area contributed by atoms with Crippen LogP contribution in [0.5, 0.6) is 0 Å². The lowest BCUT2D eigenvalue weighted by atomic mass is 10.0. The van der Waals surface area contributed by atoms with E-state index in [0.29, 0.717) is 29.1 Å². The average Bonchev–Trinajstić information content (AvgIpc) is 3.35. The van der Waals surface area contributed by atoms with Gasteiger partial charge in [-0.05, 0) is 36.6 Å². The smallest absolute Gasteiger partial charge is 0.266 e. The van der Waals surface area contributed by atoms with Gasteiger partial charge in [-0.3, -0.25) is 14.0 Å². The molecule has 0 unspecified atom stereocenters. The number of aromatic nitrogens is 6. The summed E-state index contributed by atoms with van der Waals surface area (Å²) < 4.78 is 3.37. The second-order valence-corrected chi connectivity index (χ2v) is 9.05. The Hall–Kier alpha value is -5.04. The fourth-order valence-electron chi connectivity index (χ4n) is 4.68. The second kappa shape index (κ2) is 10.1. The number of nitrogen functional groups attached to an aromatic ring is 1. The number of hydrogen-bond acceptors (Lipinski definition) is 8. The van der Waals surface area contributed by atoms with Crippen LogP contribution in [-0.4, -0.2) is 35.8 Å². The van der Waals surface area contributed by atoms with Crippen LogP contribution in [0.25, 0.3) is 27.7 Å². The van der Waals surface area contributed by atoms with Crippen LogP contribution < -0.4 is 16.2 Å². The Morgan fingerprint density at radius 1 is 1.13 bits per heavy atom. The molecule has 3 heterocycles. The summed E-state index contributed by atoms with van der Waals surface area (Å²) in [6.45, 7) is 4.80. The van der Waals surface area contributed by atoms with Crippen LogP contribution in [0.1, 0.15) is 30.3 Å². The molecule has 0 radical (unpaired) electrons. The largest absolute Gasteiger partial charge is 0.382 e. The van der Waals surface area contributed by atoms with Crippen molar-refractivity contribution in [1.29, 1.82) is 5.26 Å². The van der Waals surface area contributed by atoms with E-state index in [-0.39, 0.29) is 23.5 Å². The fourth-order valence-corrected chi connectivity index (χ4v) is 4.68.